The zero-order valence-corrected chi connectivity index (χ0v) is 14.4. The molecule has 128 valence electrons. The minimum absolute atomic E-state index is 0.130. The van der Waals surface area contributed by atoms with Crippen LogP contribution in [0.4, 0.5) is 4.39 Å². The topological polar surface area (TPSA) is 57.6 Å². The van der Waals surface area contributed by atoms with E-state index in [-0.39, 0.29) is 17.7 Å². The van der Waals surface area contributed by atoms with E-state index in [4.69, 9.17) is 0 Å². The Hall–Kier alpha value is -0.980. The Kier molecular flexibility index (Phi) is 4.27. The largest absolute Gasteiger partial charge is 0.385 e. The highest BCUT2D eigenvalue weighted by atomic mass is 32.2. The molecule has 0 spiro atoms. The predicted octanol–water partition coefficient (Wildman–Crippen LogP) is 2.48. The highest BCUT2D eigenvalue weighted by Gasteiger charge is 2.52. The number of aliphatic hydroxyl groups is 1. The van der Waals surface area contributed by atoms with Gasteiger partial charge in [0.15, 0.2) is 0 Å². The molecule has 1 saturated heterocycles. The molecular weight excluding hydrogens is 317 g/mol. The molecule has 23 heavy (non-hydrogen) atoms. The summed E-state index contributed by atoms with van der Waals surface area (Å²) >= 11 is 0. The summed E-state index contributed by atoms with van der Waals surface area (Å²) in [6, 6.07) is 6.08. The predicted molar refractivity (Wildman–Crippen MR) is 86.8 cm³/mol. The normalized spacial score (nSPS) is 32.2. The van der Waals surface area contributed by atoms with Gasteiger partial charge in [-0.2, -0.15) is 0 Å². The number of fused-ring (bicyclic) bond motifs is 1. The average molecular weight is 341 g/mol. The van der Waals surface area contributed by atoms with Gasteiger partial charge in [0.25, 0.3) is 0 Å². The molecule has 0 bridgehead atoms. The van der Waals surface area contributed by atoms with Crippen molar-refractivity contribution in [2.24, 2.45) is 11.8 Å². The number of sulfonamides is 1. The van der Waals surface area contributed by atoms with Crippen molar-refractivity contribution < 1.29 is 17.9 Å². The third-order valence-corrected chi connectivity index (χ3v) is 7.64. The van der Waals surface area contributed by atoms with E-state index < -0.39 is 20.9 Å². The van der Waals surface area contributed by atoms with Crippen molar-refractivity contribution in [3.05, 3.63) is 35.6 Å². The molecule has 1 saturated carbocycles. The van der Waals surface area contributed by atoms with E-state index in [2.05, 4.69) is 0 Å². The van der Waals surface area contributed by atoms with Crippen LogP contribution in [0.1, 0.15) is 38.7 Å². The molecule has 1 aliphatic carbocycles. The van der Waals surface area contributed by atoms with Crippen LogP contribution in [0.3, 0.4) is 0 Å². The van der Waals surface area contributed by atoms with Gasteiger partial charge in [-0.05, 0) is 56.7 Å². The Morgan fingerprint density at radius 3 is 2.74 bits per heavy atom. The van der Waals surface area contributed by atoms with Gasteiger partial charge in [0, 0.05) is 19.0 Å². The maximum absolute atomic E-state index is 13.6. The lowest BCUT2D eigenvalue weighted by Crippen LogP contribution is -2.43. The van der Waals surface area contributed by atoms with Crippen LogP contribution in [0.25, 0.3) is 0 Å². The smallest absolute Gasteiger partial charge is 0.216 e. The summed E-state index contributed by atoms with van der Waals surface area (Å²) in [5.41, 5.74) is -0.581. The second-order valence-electron chi connectivity index (χ2n) is 7.10. The van der Waals surface area contributed by atoms with E-state index in [1.165, 1.54) is 16.4 Å². The minimum Gasteiger partial charge on any atom is -0.385 e. The number of halogens is 1. The molecular formula is C17H24FNO3S. The number of rotatable bonds is 3. The number of hydrogen-bond acceptors (Lipinski definition) is 3. The van der Waals surface area contributed by atoms with Crippen LogP contribution in [0.5, 0.6) is 0 Å². The van der Waals surface area contributed by atoms with Crippen molar-refractivity contribution >= 4 is 10.0 Å². The van der Waals surface area contributed by atoms with Crippen molar-refractivity contribution in [1.29, 1.82) is 0 Å². The fraction of sp³-hybridized carbons (Fsp3) is 0.647. The van der Waals surface area contributed by atoms with E-state index >= 15 is 0 Å². The molecule has 6 heteroatoms. The van der Waals surface area contributed by atoms with Crippen LogP contribution in [0, 0.1) is 17.7 Å². The zero-order chi connectivity index (χ0) is 16.8. The minimum atomic E-state index is -3.33. The molecule has 1 heterocycles. The van der Waals surface area contributed by atoms with Crippen LogP contribution >= 0.6 is 0 Å². The van der Waals surface area contributed by atoms with Crippen molar-refractivity contribution in [1.82, 2.24) is 4.31 Å². The van der Waals surface area contributed by atoms with Crippen LogP contribution in [0.2, 0.25) is 0 Å². The first-order chi connectivity index (χ1) is 10.7. The quantitative estimate of drug-likeness (QED) is 0.919. The molecule has 2 aliphatic rings. The van der Waals surface area contributed by atoms with Crippen LogP contribution in [-0.2, 0) is 15.6 Å². The van der Waals surface area contributed by atoms with Crippen molar-refractivity contribution in [2.45, 2.75) is 44.0 Å². The van der Waals surface area contributed by atoms with E-state index in [0.29, 0.717) is 25.1 Å². The Labute approximate surface area is 137 Å². The van der Waals surface area contributed by atoms with E-state index in [1.807, 2.05) is 0 Å². The monoisotopic (exact) mass is 341 g/mol. The Balaban J connectivity index is 1.93. The maximum atomic E-state index is 13.6. The van der Waals surface area contributed by atoms with Gasteiger partial charge in [0.05, 0.1) is 10.9 Å². The molecule has 1 aromatic carbocycles. The van der Waals surface area contributed by atoms with E-state index in [9.17, 15) is 17.9 Å². The lowest BCUT2D eigenvalue weighted by Gasteiger charge is -2.41. The number of hydrogen-bond donors (Lipinski definition) is 1. The van der Waals surface area contributed by atoms with Gasteiger partial charge in [0.2, 0.25) is 10.0 Å². The van der Waals surface area contributed by atoms with Gasteiger partial charge in [-0.3, -0.25) is 0 Å². The second kappa shape index (κ2) is 5.83. The van der Waals surface area contributed by atoms with Crippen molar-refractivity contribution in [3.63, 3.8) is 0 Å². The summed E-state index contributed by atoms with van der Waals surface area (Å²) in [7, 11) is -3.33. The van der Waals surface area contributed by atoms with Crippen molar-refractivity contribution in [2.75, 3.05) is 13.1 Å². The van der Waals surface area contributed by atoms with Crippen molar-refractivity contribution in [3.8, 4) is 0 Å². The summed E-state index contributed by atoms with van der Waals surface area (Å²) in [5.74, 6) is -0.417. The van der Waals surface area contributed by atoms with Crippen LogP contribution in [0.15, 0.2) is 24.3 Å². The molecule has 3 atom stereocenters. The lowest BCUT2D eigenvalue weighted by molar-refractivity contribution is -0.0642. The SMILES string of the molecule is CC(C)S(=O)(=O)N1C[C@@H]2CCC[C@](O)(c3cccc(F)c3)[C@H]2C1. The molecule has 3 rings (SSSR count). The third-order valence-electron chi connectivity index (χ3n) is 5.43. The fourth-order valence-electron chi connectivity index (χ4n) is 4.11. The molecule has 1 N–H and O–H groups in total. The number of nitrogens with zero attached hydrogens (tertiary/aromatic N) is 1. The van der Waals surface area contributed by atoms with E-state index in [0.717, 1.165) is 12.8 Å². The molecule has 4 nitrogen and oxygen atoms in total. The van der Waals surface area contributed by atoms with Crippen LogP contribution < -0.4 is 0 Å². The molecule has 0 unspecified atom stereocenters. The lowest BCUT2D eigenvalue weighted by atomic mass is 9.67. The van der Waals surface area contributed by atoms with Gasteiger partial charge < -0.3 is 5.11 Å². The summed E-state index contributed by atoms with van der Waals surface area (Å²) in [4.78, 5) is 0. The summed E-state index contributed by atoms with van der Waals surface area (Å²) in [6.45, 7) is 4.13. The summed E-state index contributed by atoms with van der Waals surface area (Å²) in [6.07, 6.45) is 2.28. The Morgan fingerprint density at radius 2 is 2.09 bits per heavy atom. The third kappa shape index (κ3) is 2.81. The first-order valence-corrected chi connectivity index (χ1v) is 9.73. The molecule has 2 fully saturated rings. The second-order valence-corrected chi connectivity index (χ2v) is 9.59. The summed E-state index contributed by atoms with van der Waals surface area (Å²) in [5, 5.41) is 10.8. The first kappa shape index (κ1) is 16.9. The Bertz CT molecular complexity index is 691. The zero-order valence-electron chi connectivity index (χ0n) is 13.6. The standard InChI is InChI=1S/C17H24FNO3S/c1-12(2)23(21,22)19-10-13-5-4-8-17(20,16(13)11-19)14-6-3-7-15(18)9-14/h3,6-7,9,12-13,16,20H,4-5,8,10-11H2,1-2H3/t13-,16-,17-/m0/s1. The highest BCUT2D eigenvalue weighted by molar-refractivity contribution is 7.89. The number of benzene rings is 1. The fourth-order valence-corrected chi connectivity index (χ4v) is 5.47. The van der Waals surface area contributed by atoms with E-state index in [1.54, 1.807) is 26.0 Å². The molecule has 0 radical (unpaired) electrons. The highest BCUT2D eigenvalue weighted by Crippen LogP contribution is 2.48. The average Bonchev–Trinajstić information content (AvgIpc) is 2.93. The van der Waals surface area contributed by atoms with Gasteiger partial charge in [-0.25, -0.2) is 17.1 Å². The molecule has 1 aromatic rings. The van der Waals surface area contributed by atoms with Gasteiger partial charge in [0.1, 0.15) is 5.82 Å². The molecule has 0 amide bonds. The first-order valence-electron chi connectivity index (χ1n) is 8.22. The summed E-state index contributed by atoms with van der Waals surface area (Å²) < 4.78 is 40.0. The van der Waals surface area contributed by atoms with Gasteiger partial charge in [-0.1, -0.05) is 12.1 Å². The molecule has 0 aromatic heterocycles. The maximum Gasteiger partial charge on any atom is 0.216 e. The van der Waals surface area contributed by atoms with Gasteiger partial charge >= 0.3 is 0 Å². The Morgan fingerprint density at radius 1 is 1.35 bits per heavy atom. The van der Waals surface area contributed by atoms with Gasteiger partial charge in [-0.15, -0.1) is 0 Å². The molecule has 1 aliphatic heterocycles. The van der Waals surface area contributed by atoms with Crippen LogP contribution in [-0.4, -0.2) is 36.2 Å².